The van der Waals surface area contributed by atoms with Gasteiger partial charge in [0.05, 0.1) is 23.0 Å². The van der Waals surface area contributed by atoms with Gasteiger partial charge in [-0.2, -0.15) is 0 Å². The minimum absolute atomic E-state index is 0.168. The topological polar surface area (TPSA) is 79.4 Å². The van der Waals surface area contributed by atoms with Crippen molar-refractivity contribution in [2.24, 2.45) is 0 Å². The van der Waals surface area contributed by atoms with E-state index in [2.05, 4.69) is 10.3 Å². The number of thiazole rings is 1. The summed E-state index contributed by atoms with van der Waals surface area (Å²) >= 11 is 2.44. The van der Waals surface area contributed by atoms with Crippen LogP contribution in [0.1, 0.15) is 45.7 Å². The number of hydrogen-bond acceptors (Lipinski definition) is 6. The van der Waals surface area contributed by atoms with Gasteiger partial charge >= 0.3 is 0 Å². The fourth-order valence-corrected chi connectivity index (χ4v) is 4.16. The van der Waals surface area contributed by atoms with Gasteiger partial charge in [0, 0.05) is 11.6 Å². The van der Waals surface area contributed by atoms with Gasteiger partial charge in [-0.05, 0) is 24.6 Å². The molecule has 0 radical (unpaired) electrons. The van der Waals surface area contributed by atoms with Crippen LogP contribution in [0, 0.1) is 6.92 Å². The maximum absolute atomic E-state index is 12.5. The Kier molecular flexibility index (Phi) is 5.43. The highest BCUT2D eigenvalue weighted by Gasteiger charge is 2.29. The van der Waals surface area contributed by atoms with E-state index in [-0.39, 0.29) is 35.3 Å². The molecule has 1 aromatic heterocycles. The Balaban J connectivity index is 1.66. The van der Waals surface area contributed by atoms with E-state index >= 15 is 0 Å². The minimum atomic E-state index is -0.214. The summed E-state index contributed by atoms with van der Waals surface area (Å²) in [5, 5.41) is 3.60. The van der Waals surface area contributed by atoms with Crippen LogP contribution in [0.2, 0.25) is 0 Å². The van der Waals surface area contributed by atoms with Crippen LogP contribution in [0.25, 0.3) is 0 Å². The van der Waals surface area contributed by atoms with Crippen LogP contribution < -0.4 is 5.32 Å². The molecule has 1 aromatic carbocycles. The normalized spacial score (nSPS) is 14.4. The van der Waals surface area contributed by atoms with Gasteiger partial charge in [-0.1, -0.05) is 37.7 Å². The first-order chi connectivity index (χ1) is 12.3. The summed E-state index contributed by atoms with van der Waals surface area (Å²) in [6.07, 6.45) is 0. The quantitative estimate of drug-likeness (QED) is 0.835. The van der Waals surface area contributed by atoms with E-state index in [1.165, 1.54) is 16.2 Å². The molecule has 1 saturated heterocycles. The molecule has 0 unspecified atom stereocenters. The lowest BCUT2D eigenvalue weighted by Crippen LogP contribution is -2.27. The van der Waals surface area contributed by atoms with Crippen molar-refractivity contribution in [3.63, 3.8) is 0 Å². The van der Waals surface area contributed by atoms with Crippen LogP contribution >= 0.6 is 23.1 Å². The smallest absolute Gasteiger partial charge is 0.289 e. The minimum Gasteiger partial charge on any atom is -0.321 e. The van der Waals surface area contributed by atoms with Crippen molar-refractivity contribution in [1.29, 1.82) is 0 Å². The van der Waals surface area contributed by atoms with E-state index in [0.29, 0.717) is 10.6 Å². The predicted octanol–water partition coefficient (Wildman–Crippen LogP) is 4.02. The number of hydrogen-bond donors (Lipinski definition) is 1. The molecule has 0 aliphatic carbocycles. The number of nitrogens with zero attached hydrogens (tertiary/aromatic N) is 2. The summed E-state index contributed by atoms with van der Waals surface area (Å²) in [5.41, 5.74) is 2.23. The summed E-state index contributed by atoms with van der Waals surface area (Å²) in [6, 6.07) is 7.15. The third-order valence-electron chi connectivity index (χ3n) is 3.91. The van der Waals surface area contributed by atoms with Crippen molar-refractivity contribution in [2.75, 3.05) is 11.1 Å². The zero-order valence-corrected chi connectivity index (χ0v) is 16.4. The molecule has 0 spiro atoms. The molecule has 26 heavy (non-hydrogen) atoms. The molecule has 6 nitrogen and oxygen atoms in total. The number of thioether (sulfide) groups is 1. The van der Waals surface area contributed by atoms with Crippen LogP contribution in [-0.4, -0.2) is 32.7 Å². The first-order valence-electron chi connectivity index (χ1n) is 8.20. The lowest BCUT2D eigenvalue weighted by Gasteiger charge is -2.13. The second kappa shape index (κ2) is 7.59. The van der Waals surface area contributed by atoms with Gasteiger partial charge in [0.1, 0.15) is 4.88 Å². The molecule has 3 rings (SSSR count). The van der Waals surface area contributed by atoms with Gasteiger partial charge in [0.2, 0.25) is 5.91 Å². The number of amides is 3. The van der Waals surface area contributed by atoms with Crippen molar-refractivity contribution in [3.8, 4) is 0 Å². The van der Waals surface area contributed by atoms with Crippen LogP contribution in [0.5, 0.6) is 0 Å². The number of nitrogens with one attached hydrogen (secondary N) is 1. The number of aryl methyl sites for hydroxylation is 1. The highest BCUT2D eigenvalue weighted by molar-refractivity contribution is 8.14. The Morgan fingerprint density at radius 2 is 1.96 bits per heavy atom. The van der Waals surface area contributed by atoms with Crippen molar-refractivity contribution >= 4 is 45.8 Å². The molecule has 1 fully saturated rings. The monoisotopic (exact) mass is 389 g/mol. The van der Waals surface area contributed by atoms with Crippen LogP contribution in [0.4, 0.5) is 10.5 Å². The molecule has 1 N–H and O–H groups in total. The molecule has 136 valence electrons. The molecule has 1 aliphatic heterocycles. The predicted molar refractivity (Wildman–Crippen MR) is 104 cm³/mol. The zero-order valence-electron chi connectivity index (χ0n) is 14.7. The van der Waals surface area contributed by atoms with E-state index in [1.54, 1.807) is 24.3 Å². The highest BCUT2D eigenvalue weighted by Crippen LogP contribution is 2.26. The number of carbonyl (C=O) groups is 3. The first-order valence-corrected chi connectivity index (χ1v) is 10.00. The van der Waals surface area contributed by atoms with Gasteiger partial charge in [0.25, 0.3) is 11.1 Å². The fourth-order valence-electron chi connectivity index (χ4n) is 2.47. The summed E-state index contributed by atoms with van der Waals surface area (Å²) in [6.45, 7) is 6.19. The highest BCUT2D eigenvalue weighted by atomic mass is 32.2. The second-order valence-corrected chi connectivity index (χ2v) is 8.26. The number of benzene rings is 1. The van der Waals surface area contributed by atoms with Gasteiger partial charge in [-0.3, -0.25) is 19.3 Å². The maximum atomic E-state index is 12.5. The molecule has 0 bridgehead atoms. The molecule has 2 aromatic rings. The largest absolute Gasteiger partial charge is 0.321 e. The van der Waals surface area contributed by atoms with Gasteiger partial charge in [-0.25, -0.2) is 4.98 Å². The van der Waals surface area contributed by atoms with Crippen molar-refractivity contribution in [3.05, 3.63) is 45.4 Å². The van der Waals surface area contributed by atoms with E-state index in [4.69, 9.17) is 0 Å². The molecule has 2 heterocycles. The lowest BCUT2D eigenvalue weighted by molar-refractivity contribution is -0.125. The van der Waals surface area contributed by atoms with E-state index in [0.717, 1.165) is 28.0 Å². The third kappa shape index (κ3) is 3.96. The standard InChI is InChI=1S/C18H19N3O3S2/c1-10(2)17-19-11(3)15(26-17)16(23)20-13-6-4-12(5-7-13)8-21-14(22)9-25-18(21)24/h4-7,10H,8-9H2,1-3H3,(H,20,23). The van der Waals surface area contributed by atoms with Gasteiger partial charge in [0.15, 0.2) is 0 Å². The number of imide groups is 1. The van der Waals surface area contributed by atoms with E-state index in [9.17, 15) is 14.4 Å². The molecular formula is C18H19N3O3S2. The summed E-state index contributed by atoms with van der Waals surface area (Å²) in [5.74, 6) is 0.146. The van der Waals surface area contributed by atoms with Crippen LogP contribution in [0.15, 0.2) is 24.3 Å². The molecule has 3 amide bonds. The third-order valence-corrected chi connectivity index (χ3v) is 6.22. The van der Waals surface area contributed by atoms with Crippen LogP contribution in [-0.2, 0) is 11.3 Å². The van der Waals surface area contributed by atoms with E-state index < -0.39 is 0 Å². The fraction of sp³-hybridized carbons (Fsp3) is 0.333. The molecule has 1 aliphatic rings. The Bertz CT molecular complexity index is 843. The average molecular weight is 390 g/mol. The molecule has 0 saturated carbocycles. The van der Waals surface area contributed by atoms with Crippen molar-refractivity contribution in [1.82, 2.24) is 9.88 Å². The second-order valence-electron chi connectivity index (χ2n) is 6.31. The Hall–Kier alpha value is -2.19. The van der Waals surface area contributed by atoms with E-state index in [1.807, 2.05) is 20.8 Å². The van der Waals surface area contributed by atoms with Gasteiger partial charge < -0.3 is 5.32 Å². The molecular weight excluding hydrogens is 370 g/mol. The zero-order chi connectivity index (χ0) is 18.8. The average Bonchev–Trinajstić information content (AvgIpc) is 3.14. The van der Waals surface area contributed by atoms with Gasteiger partial charge in [-0.15, -0.1) is 11.3 Å². The first kappa shape index (κ1) is 18.6. The van der Waals surface area contributed by atoms with Crippen molar-refractivity contribution < 1.29 is 14.4 Å². The van der Waals surface area contributed by atoms with Crippen molar-refractivity contribution in [2.45, 2.75) is 33.2 Å². The number of anilines is 1. The molecule has 8 heteroatoms. The Morgan fingerprint density at radius 1 is 1.27 bits per heavy atom. The summed E-state index contributed by atoms with van der Waals surface area (Å²) in [4.78, 5) is 42.1. The number of rotatable bonds is 5. The van der Waals surface area contributed by atoms with Crippen LogP contribution in [0.3, 0.4) is 0 Å². The maximum Gasteiger partial charge on any atom is 0.289 e. The Morgan fingerprint density at radius 3 is 2.50 bits per heavy atom. The lowest BCUT2D eigenvalue weighted by atomic mass is 10.2. The molecule has 0 atom stereocenters. The summed E-state index contributed by atoms with van der Waals surface area (Å²) < 4.78 is 0. The Labute approximate surface area is 160 Å². The number of carbonyl (C=O) groups excluding carboxylic acids is 3. The SMILES string of the molecule is Cc1nc(C(C)C)sc1C(=O)Nc1ccc(CN2C(=O)CSC2=O)cc1. The number of aromatic nitrogens is 1. The summed E-state index contributed by atoms with van der Waals surface area (Å²) in [7, 11) is 0.